The number of fused-ring (bicyclic) bond motifs is 1. The first-order valence-electron chi connectivity index (χ1n) is 7.59. The normalized spacial score (nSPS) is 11.9. The molecular weight excluding hydrogens is 329 g/mol. The van der Waals surface area contributed by atoms with Crippen molar-refractivity contribution in [3.63, 3.8) is 0 Å². The summed E-state index contributed by atoms with van der Waals surface area (Å²) >= 11 is 0. The number of carbonyl (C=O) groups excluding carboxylic acids is 2. The number of nitrogens with zero attached hydrogens (tertiary/aromatic N) is 1. The van der Waals surface area contributed by atoms with Gasteiger partial charge in [0.15, 0.2) is 18.1 Å². The lowest BCUT2D eigenvalue weighted by atomic mass is 10.2. The molecule has 0 fully saturated rings. The van der Waals surface area contributed by atoms with Gasteiger partial charge in [0.25, 0.3) is 5.91 Å². The zero-order valence-electron chi connectivity index (χ0n) is 13.5. The van der Waals surface area contributed by atoms with Gasteiger partial charge in [0.1, 0.15) is 5.82 Å². The number of carbonyl (C=O) groups is 2. The van der Waals surface area contributed by atoms with Crippen LogP contribution in [0.3, 0.4) is 0 Å². The summed E-state index contributed by atoms with van der Waals surface area (Å²) in [5.41, 5.74) is 0.647. The van der Waals surface area contributed by atoms with Crippen LogP contribution in [0.15, 0.2) is 42.5 Å². The first-order valence-corrected chi connectivity index (χ1v) is 7.59. The van der Waals surface area contributed by atoms with Crippen molar-refractivity contribution >= 4 is 11.9 Å². The highest BCUT2D eigenvalue weighted by Gasteiger charge is 2.19. The third-order valence-corrected chi connectivity index (χ3v) is 3.73. The van der Waals surface area contributed by atoms with E-state index in [1.54, 1.807) is 24.3 Å². The predicted octanol–water partition coefficient (Wildman–Crippen LogP) is 2.37. The van der Waals surface area contributed by atoms with Crippen molar-refractivity contribution in [1.29, 1.82) is 0 Å². The van der Waals surface area contributed by atoms with Gasteiger partial charge in [-0.05, 0) is 24.3 Å². The molecule has 1 aliphatic rings. The Morgan fingerprint density at radius 2 is 1.92 bits per heavy atom. The van der Waals surface area contributed by atoms with E-state index in [-0.39, 0.29) is 24.7 Å². The molecule has 0 radical (unpaired) electrons. The van der Waals surface area contributed by atoms with Crippen LogP contribution in [-0.2, 0) is 16.1 Å². The maximum Gasteiger partial charge on any atom is 0.338 e. The molecule has 1 amide bonds. The van der Waals surface area contributed by atoms with Crippen LogP contribution in [0.25, 0.3) is 0 Å². The third-order valence-electron chi connectivity index (χ3n) is 3.73. The van der Waals surface area contributed by atoms with Crippen molar-refractivity contribution < 1.29 is 28.2 Å². The summed E-state index contributed by atoms with van der Waals surface area (Å²) in [5.74, 6) is -0.461. The van der Waals surface area contributed by atoms with Crippen LogP contribution in [0.1, 0.15) is 15.9 Å². The lowest BCUT2D eigenvalue weighted by Crippen LogP contribution is -2.31. The van der Waals surface area contributed by atoms with Crippen LogP contribution in [0, 0.1) is 5.82 Å². The van der Waals surface area contributed by atoms with Crippen molar-refractivity contribution in [3.8, 4) is 11.5 Å². The smallest absolute Gasteiger partial charge is 0.338 e. The Hall–Kier alpha value is -3.09. The van der Waals surface area contributed by atoms with Gasteiger partial charge >= 0.3 is 5.97 Å². The van der Waals surface area contributed by atoms with Crippen molar-refractivity contribution in [1.82, 2.24) is 4.90 Å². The molecule has 0 aliphatic carbocycles. The van der Waals surface area contributed by atoms with Gasteiger partial charge in [-0.1, -0.05) is 18.2 Å². The third kappa shape index (κ3) is 3.88. The highest BCUT2D eigenvalue weighted by atomic mass is 19.1. The van der Waals surface area contributed by atoms with E-state index in [9.17, 15) is 14.0 Å². The molecule has 1 heterocycles. The fraction of sp³-hybridized carbons (Fsp3) is 0.222. The van der Waals surface area contributed by atoms with Crippen LogP contribution < -0.4 is 9.47 Å². The number of likely N-dealkylation sites (N-methyl/N-ethyl adjacent to an activating group) is 1. The highest BCUT2D eigenvalue weighted by molar-refractivity contribution is 5.92. The fourth-order valence-electron chi connectivity index (χ4n) is 2.31. The van der Waals surface area contributed by atoms with E-state index in [0.717, 1.165) is 0 Å². The second kappa shape index (κ2) is 7.21. The van der Waals surface area contributed by atoms with Gasteiger partial charge < -0.3 is 19.1 Å². The minimum absolute atomic E-state index is 0.0904. The van der Waals surface area contributed by atoms with E-state index in [1.807, 2.05) is 0 Å². The van der Waals surface area contributed by atoms with Crippen LogP contribution in [0.4, 0.5) is 4.39 Å². The molecule has 0 N–H and O–H groups in total. The molecule has 3 rings (SSSR count). The lowest BCUT2D eigenvalue weighted by molar-refractivity contribution is -0.133. The summed E-state index contributed by atoms with van der Waals surface area (Å²) in [6.07, 6.45) is 0. The molecule has 6 nitrogen and oxygen atoms in total. The van der Waals surface area contributed by atoms with Crippen molar-refractivity contribution in [2.75, 3.05) is 20.4 Å². The Morgan fingerprint density at radius 3 is 2.72 bits per heavy atom. The van der Waals surface area contributed by atoms with E-state index in [1.165, 1.54) is 30.1 Å². The molecule has 7 heteroatoms. The van der Waals surface area contributed by atoms with E-state index in [0.29, 0.717) is 17.1 Å². The second-order valence-corrected chi connectivity index (χ2v) is 5.49. The standard InChI is InChI=1S/C18H16FNO5/c1-20(9-13-4-2-3-5-14(13)19)17(21)10-23-18(22)12-6-7-15-16(8-12)25-11-24-15/h2-8H,9-11H2,1H3. The molecule has 0 spiro atoms. The van der Waals surface area contributed by atoms with Gasteiger partial charge in [-0.3, -0.25) is 4.79 Å². The SMILES string of the molecule is CN(Cc1ccccc1F)C(=O)COC(=O)c1ccc2c(c1)OCO2. The number of esters is 1. The topological polar surface area (TPSA) is 65.1 Å². The summed E-state index contributed by atoms with van der Waals surface area (Å²) in [6, 6.07) is 10.8. The average Bonchev–Trinajstić information content (AvgIpc) is 3.08. The summed E-state index contributed by atoms with van der Waals surface area (Å²) in [7, 11) is 1.52. The lowest BCUT2D eigenvalue weighted by Gasteiger charge is -2.17. The Labute approximate surface area is 143 Å². The Morgan fingerprint density at radius 1 is 1.16 bits per heavy atom. The summed E-state index contributed by atoms with van der Waals surface area (Å²) in [4.78, 5) is 25.4. The number of hydrogen-bond acceptors (Lipinski definition) is 5. The van der Waals surface area contributed by atoms with E-state index >= 15 is 0 Å². The average molecular weight is 345 g/mol. The van der Waals surface area contributed by atoms with Gasteiger partial charge in [0, 0.05) is 19.2 Å². The molecule has 25 heavy (non-hydrogen) atoms. The van der Waals surface area contributed by atoms with E-state index in [4.69, 9.17) is 14.2 Å². The summed E-state index contributed by atoms with van der Waals surface area (Å²) < 4.78 is 29.0. The molecular formula is C18H16FNO5. The Kier molecular flexibility index (Phi) is 4.83. The number of hydrogen-bond donors (Lipinski definition) is 0. The fourth-order valence-corrected chi connectivity index (χ4v) is 2.31. The molecule has 0 saturated heterocycles. The summed E-state index contributed by atoms with van der Waals surface area (Å²) in [6.45, 7) is -0.238. The first kappa shape index (κ1) is 16.8. The van der Waals surface area contributed by atoms with Gasteiger partial charge in [0.2, 0.25) is 6.79 Å². The number of ether oxygens (including phenoxy) is 3. The molecule has 0 bridgehead atoms. The molecule has 2 aromatic carbocycles. The van der Waals surface area contributed by atoms with E-state index < -0.39 is 18.5 Å². The van der Waals surface area contributed by atoms with Crippen molar-refractivity contribution in [3.05, 3.63) is 59.4 Å². The number of amides is 1. The molecule has 0 saturated carbocycles. The van der Waals surface area contributed by atoms with Crippen molar-refractivity contribution in [2.45, 2.75) is 6.54 Å². The quantitative estimate of drug-likeness (QED) is 0.779. The van der Waals surface area contributed by atoms with Gasteiger partial charge in [-0.25, -0.2) is 9.18 Å². The van der Waals surface area contributed by atoms with Crippen LogP contribution >= 0.6 is 0 Å². The Bertz CT molecular complexity index is 808. The zero-order valence-corrected chi connectivity index (χ0v) is 13.5. The van der Waals surface area contributed by atoms with E-state index in [2.05, 4.69) is 0 Å². The highest BCUT2D eigenvalue weighted by Crippen LogP contribution is 2.32. The van der Waals surface area contributed by atoms with Crippen molar-refractivity contribution in [2.24, 2.45) is 0 Å². The molecule has 2 aromatic rings. The maximum atomic E-state index is 13.6. The number of rotatable bonds is 5. The molecule has 0 aromatic heterocycles. The van der Waals surface area contributed by atoms with Gasteiger partial charge in [-0.15, -0.1) is 0 Å². The minimum Gasteiger partial charge on any atom is -0.454 e. The van der Waals surface area contributed by atoms with Gasteiger partial charge in [-0.2, -0.15) is 0 Å². The molecule has 1 aliphatic heterocycles. The van der Waals surface area contributed by atoms with Crippen LogP contribution in [0.5, 0.6) is 11.5 Å². The molecule has 0 atom stereocenters. The van der Waals surface area contributed by atoms with Gasteiger partial charge in [0.05, 0.1) is 5.56 Å². The monoisotopic (exact) mass is 345 g/mol. The number of halogens is 1. The second-order valence-electron chi connectivity index (χ2n) is 5.49. The first-order chi connectivity index (χ1) is 12.0. The zero-order chi connectivity index (χ0) is 17.8. The summed E-state index contributed by atoms with van der Waals surface area (Å²) in [5, 5.41) is 0. The van der Waals surface area contributed by atoms with Crippen LogP contribution in [-0.4, -0.2) is 37.2 Å². The van der Waals surface area contributed by atoms with Crippen LogP contribution in [0.2, 0.25) is 0 Å². The minimum atomic E-state index is -0.647. The Balaban J connectivity index is 1.54. The number of benzene rings is 2. The molecule has 130 valence electrons. The predicted molar refractivity (Wildman–Crippen MR) is 85.7 cm³/mol. The largest absolute Gasteiger partial charge is 0.454 e. The molecule has 0 unspecified atom stereocenters. The maximum absolute atomic E-state index is 13.6.